The van der Waals surface area contributed by atoms with E-state index in [9.17, 15) is 4.79 Å². The van der Waals surface area contributed by atoms with E-state index in [1.165, 1.54) is 10.9 Å². The largest absolute Gasteiger partial charge is 0.373 e. The van der Waals surface area contributed by atoms with Gasteiger partial charge in [0, 0.05) is 37.2 Å². The molecular weight excluding hydrogens is 324 g/mol. The van der Waals surface area contributed by atoms with Crippen molar-refractivity contribution in [2.45, 2.75) is 26.2 Å². The normalized spacial score (nSPS) is 10.8. The Morgan fingerprint density at radius 3 is 2.85 bits per heavy atom. The first-order valence-corrected chi connectivity index (χ1v) is 9.19. The number of para-hydroxylation sites is 1. The van der Waals surface area contributed by atoms with Gasteiger partial charge in [0.25, 0.3) is 5.91 Å². The molecule has 0 radical (unpaired) electrons. The summed E-state index contributed by atoms with van der Waals surface area (Å²) in [5, 5.41) is 4.16. The highest BCUT2D eigenvalue weighted by Gasteiger charge is 2.09. The van der Waals surface area contributed by atoms with Crippen molar-refractivity contribution in [1.82, 2.24) is 15.3 Å². The smallest absolute Gasteiger partial charge is 0.269 e. The fraction of sp³-hybridized carbons (Fsp3) is 0.333. The molecule has 2 heterocycles. The number of hydrogen-bond acceptors (Lipinski definition) is 3. The lowest BCUT2D eigenvalue weighted by atomic mass is 10.1. The molecule has 3 aromatic rings. The first-order valence-electron chi connectivity index (χ1n) is 9.19. The van der Waals surface area contributed by atoms with Gasteiger partial charge in [-0.2, -0.15) is 0 Å². The van der Waals surface area contributed by atoms with E-state index >= 15 is 0 Å². The summed E-state index contributed by atoms with van der Waals surface area (Å²) in [4.78, 5) is 22.0. The molecule has 3 rings (SSSR count). The molecule has 26 heavy (non-hydrogen) atoms. The Balaban J connectivity index is 1.53. The van der Waals surface area contributed by atoms with E-state index in [0.29, 0.717) is 12.2 Å². The number of aromatic nitrogens is 2. The summed E-state index contributed by atoms with van der Waals surface area (Å²) >= 11 is 0. The molecule has 0 unspecified atom stereocenters. The SMILES string of the molecule is CCCCN(C)c1ccc(C(=O)NCCc2c[nH]c3ccccc23)nc1. The maximum atomic E-state index is 12.3. The second-order valence-electron chi connectivity index (χ2n) is 6.54. The third-order valence-corrected chi connectivity index (χ3v) is 4.62. The highest BCUT2D eigenvalue weighted by atomic mass is 16.1. The molecule has 0 spiro atoms. The van der Waals surface area contributed by atoms with Crippen LogP contribution >= 0.6 is 0 Å². The fourth-order valence-electron chi connectivity index (χ4n) is 3.01. The standard InChI is InChI=1S/C21H26N4O/c1-3-4-13-25(2)17-9-10-20(24-15-17)21(26)22-12-11-16-14-23-19-8-6-5-7-18(16)19/h5-10,14-15,23H,3-4,11-13H2,1-2H3,(H,22,26). The Labute approximate surface area is 154 Å². The van der Waals surface area contributed by atoms with Gasteiger partial charge >= 0.3 is 0 Å². The van der Waals surface area contributed by atoms with Crippen molar-refractivity contribution in [2.75, 3.05) is 25.0 Å². The van der Waals surface area contributed by atoms with Crippen molar-refractivity contribution >= 4 is 22.5 Å². The van der Waals surface area contributed by atoms with Gasteiger partial charge in [-0.15, -0.1) is 0 Å². The van der Waals surface area contributed by atoms with Crippen molar-refractivity contribution in [3.05, 3.63) is 60.0 Å². The summed E-state index contributed by atoms with van der Waals surface area (Å²) < 4.78 is 0. The van der Waals surface area contributed by atoms with Crippen LogP contribution in [-0.4, -0.2) is 36.0 Å². The third-order valence-electron chi connectivity index (χ3n) is 4.62. The van der Waals surface area contributed by atoms with Crippen LogP contribution in [0, 0.1) is 0 Å². The topological polar surface area (TPSA) is 61.0 Å². The molecule has 5 heteroatoms. The number of amides is 1. The van der Waals surface area contributed by atoms with Gasteiger partial charge in [0.1, 0.15) is 5.69 Å². The molecule has 0 aliphatic rings. The minimum absolute atomic E-state index is 0.132. The molecule has 1 amide bonds. The molecule has 2 N–H and O–H groups in total. The molecule has 0 bridgehead atoms. The van der Waals surface area contributed by atoms with Crippen LogP contribution in [0.25, 0.3) is 10.9 Å². The molecule has 0 fully saturated rings. The maximum absolute atomic E-state index is 12.3. The number of pyridine rings is 1. The van der Waals surface area contributed by atoms with Crippen molar-refractivity contribution in [2.24, 2.45) is 0 Å². The average Bonchev–Trinajstić information content (AvgIpc) is 3.09. The summed E-state index contributed by atoms with van der Waals surface area (Å²) in [5.74, 6) is -0.132. The number of unbranched alkanes of at least 4 members (excludes halogenated alkanes) is 1. The van der Waals surface area contributed by atoms with Gasteiger partial charge in [-0.25, -0.2) is 4.98 Å². The van der Waals surface area contributed by atoms with Gasteiger partial charge in [-0.1, -0.05) is 31.5 Å². The van der Waals surface area contributed by atoms with E-state index in [1.807, 2.05) is 31.4 Å². The summed E-state index contributed by atoms with van der Waals surface area (Å²) in [7, 11) is 2.05. The zero-order valence-electron chi connectivity index (χ0n) is 15.5. The average molecular weight is 350 g/mol. The number of nitrogens with one attached hydrogen (secondary N) is 2. The maximum Gasteiger partial charge on any atom is 0.269 e. The van der Waals surface area contributed by atoms with E-state index in [2.05, 4.69) is 39.2 Å². The van der Waals surface area contributed by atoms with E-state index < -0.39 is 0 Å². The van der Waals surface area contributed by atoms with Crippen LogP contribution in [0.15, 0.2) is 48.8 Å². The molecule has 0 aliphatic carbocycles. The molecule has 0 saturated heterocycles. The molecule has 136 valence electrons. The number of H-pyrrole nitrogens is 1. The van der Waals surface area contributed by atoms with Gasteiger partial charge in [0.15, 0.2) is 0 Å². The van der Waals surface area contributed by atoms with Crippen molar-refractivity contribution < 1.29 is 4.79 Å². The zero-order valence-corrected chi connectivity index (χ0v) is 15.5. The minimum Gasteiger partial charge on any atom is -0.373 e. The highest BCUT2D eigenvalue weighted by Crippen LogP contribution is 2.17. The van der Waals surface area contributed by atoms with Crippen molar-refractivity contribution in [3.8, 4) is 0 Å². The number of carbonyl (C=O) groups is 1. The molecule has 0 atom stereocenters. The number of benzene rings is 1. The number of fused-ring (bicyclic) bond motifs is 1. The lowest BCUT2D eigenvalue weighted by Gasteiger charge is -2.18. The lowest BCUT2D eigenvalue weighted by Crippen LogP contribution is -2.26. The minimum atomic E-state index is -0.132. The van der Waals surface area contributed by atoms with E-state index in [-0.39, 0.29) is 5.91 Å². The summed E-state index contributed by atoms with van der Waals surface area (Å²) in [6.07, 6.45) is 6.87. The second kappa shape index (κ2) is 8.52. The first-order chi connectivity index (χ1) is 12.7. The predicted molar refractivity (Wildman–Crippen MR) is 107 cm³/mol. The summed E-state index contributed by atoms with van der Waals surface area (Å²) in [6, 6.07) is 11.9. The van der Waals surface area contributed by atoms with Crippen LogP contribution in [0.1, 0.15) is 35.8 Å². The van der Waals surface area contributed by atoms with E-state index in [1.54, 1.807) is 12.3 Å². The Hall–Kier alpha value is -2.82. The van der Waals surface area contributed by atoms with Crippen LogP contribution < -0.4 is 10.2 Å². The monoisotopic (exact) mass is 350 g/mol. The van der Waals surface area contributed by atoms with Crippen LogP contribution in [0.4, 0.5) is 5.69 Å². The van der Waals surface area contributed by atoms with E-state index in [4.69, 9.17) is 0 Å². The van der Waals surface area contributed by atoms with Crippen LogP contribution in [0.2, 0.25) is 0 Å². The molecule has 5 nitrogen and oxygen atoms in total. The number of carbonyl (C=O) groups excluding carboxylic acids is 1. The number of nitrogens with zero attached hydrogens (tertiary/aromatic N) is 2. The lowest BCUT2D eigenvalue weighted by molar-refractivity contribution is 0.0949. The molecular formula is C21H26N4O. The second-order valence-corrected chi connectivity index (χ2v) is 6.54. The first kappa shape index (κ1) is 18.0. The van der Waals surface area contributed by atoms with Crippen molar-refractivity contribution in [3.63, 3.8) is 0 Å². The predicted octanol–water partition coefficient (Wildman–Crippen LogP) is 3.77. The van der Waals surface area contributed by atoms with E-state index in [0.717, 1.165) is 37.0 Å². The Bertz CT molecular complexity index is 854. The number of hydrogen-bond donors (Lipinski definition) is 2. The Morgan fingerprint density at radius 1 is 1.23 bits per heavy atom. The quantitative estimate of drug-likeness (QED) is 0.650. The molecule has 0 saturated carbocycles. The van der Waals surface area contributed by atoms with Gasteiger partial charge in [-0.05, 0) is 36.6 Å². The molecule has 1 aromatic carbocycles. The van der Waals surface area contributed by atoms with Crippen LogP contribution in [0.3, 0.4) is 0 Å². The molecule has 2 aromatic heterocycles. The van der Waals surface area contributed by atoms with Crippen molar-refractivity contribution in [1.29, 1.82) is 0 Å². The van der Waals surface area contributed by atoms with Gasteiger partial charge in [-0.3, -0.25) is 4.79 Å². The summed E-state index contributed by atoms with van der Waals surface area (Å²) in [6.45, 7) is 3.75. The Kier molecular flexibility index (Phi) is 5.89. The van der Waals surface area contributed by atoms with Gasteiger partial charge < -0.3 is 15.2 Å². The third kappa shape index (κ3) is 4.23. The van der Waals surface area contributed by atoms with Crippen LogP contribution in [0.5, 0.6) is 0 Å². The fourth-order valence-corrected chi connectivity index (χ4v) is 3.01. The zero-order chi connectivity index (χ0) is 18.4. The number of anilines is 1. The van der Waals surface area contributed by atoms with Gasteiger partial charge in [0.2, 0.25) is 0 Å². The molecule has 0 aliphatic heterocycles. The Morgan fingerprint density at radius 2 is 2.08 bits per heavy atom. The number of rotatable bonds is 8. The summed E-state index contributed by atoms with van der Waals surface area (Å²) in [5.41, 5.74) is 3.82. The van der Waals surface area contributed by atoms with Gasteiger partial charge in [0.05, 0.1) is 11.9 Å². The highest BCUT2D eigenvalue weighted by molar-refractivity contribution is 5.92. The van der Waals surface area contributed by atoms with Crippen LogP contribution in [-0.2, 0) is 6.42 Å². The number of aromatic amines is 1.